The first-order valence-electron chi connectivity index (χ1n) is 8.78. The molecule has 2 aromatic rings. The van der Waals surface area contributed by atoms with Crippen LogP contribution in [-0.2, 0) is 6.18 Å². The number of carbonyl (C=O) groups excluding carboxylic acids is 1. The van der Waals surface area contributed by atoms with Crippen molar-refractivity contribution in [1.29, 1.82) is 0 Å². The Morgan fingerprint density at radius 2 is 1.64 bits per heavy atom. The first-order valence-corrected chi connectivity index (χ1v) is 9.16. The zero-order valence-electron chi connectivity index (χ0n) is 14.7. The Bertz CT molecular complexity index is 834. The molecule has 9 heteroatoms. The number of hydrogen-bond acceptors (Lipinski definition) is 3. The standard InChI is InChI=1S/C19H18ClF4N3O/c20-17-10-15(9-16(27-17)19(22,23)24)25-13-5-7-14(8-6-13)26-18(28)11-1-3-12(21)4-2-11/h1-4,9-10,13-14H,5-8H2,(H,25,27)(H,26,28)/t13-,14+. The average Bonchev–Trinajstić information content (AvgIpc) is 2.62. The Labute approximate surface area is 164 Å². The molecule has 0 aliphatic heterocycles. The molecule has 0 spiro atoms. The predicted molar refractivity (Wildman–Crippen MR) is 97.8 cm³/mol. The van der Waals surface area contributed by atoms with Crippen molar-refractivity contribution in [3.63, 3.8) is 0 Å². The molecule has 1 aromatic carbocycles. The van der Waals surface area contributed by atoms with Crippen molar-refractivity contribution < 1.29 is 22.4 Å². The van der Waals surface area contributed by atoms with E-state index in [1.165, 1.54) is 30.3 Å². The van der Waals surface area contributed by atoms with E-state index in [1.54, 1.807) is 0 Å². The second-order valence-electron chi connectivity index (χ2n) is 6.73. The fourth-order valence-corrected chi connectivity index (χ4v) is 3.42. The minimum absolute atomic E-state index is 0.0291. The summed E-state index contributed by atoms with van der Waals surface area (Å²) in [6.45, 7) is 0. The van der Waals surface area contributed by atoms with Gasteiger partial charge in [-0.05, 0) is 62.1 Å². The Morgan fingerprint density at radius 3 is 2.25 bits per heavy atom. The predicted octanol–water partition coefficient (Wildman–Crippen LogP) is 5.05. The van der Waals surface area contributed by atoms with Gasteiger partial charge < -0.3 is 10.6 Å². The molecule has 1 aromatic heterocycles. The van der Waals surface area contributed by atoms with Gasteiger partial charge in [0.15, 0.2) is 0 Å². The van der Waals surface area contributed by atoms with Crippen LogP contribution >= 0.6 is 11.6 Å². The van der Waals surface area contributed by atoms with Crippen LogP contribution in [0.4, 0.5) is 23.2 Å². The van der Waals surface area contributed by atoms with E-state index >= 15 is 0 Å². The lowest BCUT2D eigenvalue weighted by molar-refractivity contribution is -0.141. The van der Waals surface area contributed by atoms with E-state index in [1.807, 2.05) is 0 Å². The number of aromatic nitrogens is 1. The number of rotatable bonds is 4. The molecule has 0 unspecified atom stereocenters. The van der Waals surface area contributed by atoms with Crippen LogP contribution in [0.2, 0.25) is 5.15 Å². The van der Waals surface area contributed by atoms with Gasteiger partial charge in [-0.15, -0.1) is 0 Å². The van der Waals surface area contributed by atoms with E-state index in [9.17, 15) is 22.4 Å². The molecule has 4 nitrogen and oxygen atoms in total. The molecule has 0 bridgehead atoms. The maximum atomic E-state index is 12.9. The molecule has 3 rings (SSSR count). The van der Waals surface area contributed by atoms with Crippen LogP contribution in [0.3, 0.4) is 0 Å². The Balaban J connectivity index is 1.54. The third-order valence-corrected chi connectivity index (χ3v) is 4.82. The lowest BCUT2D eigenvalue weighted by atomic mass is 9.90. The lowest BCUT2D eigenvalue weighted by Crippen LogP contribution is -2.40. The van der Waals surface area contributed by atoms with E-state index in [0.29, 0.717) is 31.2 Å². The number of amides is 1. The summed E-state index contributed by atoms with van der Waals surface area (Å²) in [5.74, 6) is -0.680. The number of carbonyl (C=O) groups is 1. The quantitative estimate of drug-likeness (QED) is 0.543. The smallest absolute Gasteiger partial charge is 0.382 e. The fraction of sp³-hybridized carbons (Fsp3) is 0.368. The maximum Gasteiger partial charge on any atom is 0.433 e. The number of halogens is 5. The summed E-state index contributed by atoms with van der Waals surface area (Å²) in [4.78, 5) is 15.5. The van der Waals surface area contributed by atoms with Crippen LogP contribution in [0, 0.1) is 5.82 Å². The van der Waals surface area contributed by atoms with Crippen LogP contribution in [0.15, 0.2) is 36.4 Å². The van der Waals surface area contributed by atoms with Gasteiger partial charge in [0.25, 0.3) is 5.91 Å². The van der Waals surface area contributed by atoms with E-state index in [4.69, 9.17) is 11.6 Å². The van der Waals surface area contributed by atoms with Crippen LogP contribution in [0.1, 0.15) is 41.7 Å². The minimum atomic E-state index is -4.57. The number of nitrogens with one attached hydrogen (secondary N) is 2. The molecule has 1 heterocycles. The zero-order chi connectivity index (χ0) is 20.3. The summed E-state index contributed by atoms with van der Waals surface area (Å²) in [5.41, 5.74) is -0.387. The number of alkyl halides is 3. The molecule has 0 radical (unpaired) electrons. The zero-order valence-corrected chi connectivity index (χ0v) is 15.4. The van der Waals surface area contributed by atoms with E-state index in [0.717, 1.165) is 6.07 Å². The largest absolute Gasteiger partial charge is 0.433 e. The van der Waals surface area contributed by atoms with Crippen molar-refractivity contribution in [1.82, 2.24) is 10.3 Å². The monoisotopic (exact) mass is 415 g/mol. The molecule has 150 valence electrons. The van der Waals surface area contributed by atoms with Crippen molar-refractivity contribution in [2.45, 2.75) is 43.9 Å². The van der Waals surface area contributed by atoms with Gasteiger partial charge in [-0.3, -0.25) is 4.79 Å². The van der Waals surface area contributed by atoms with E-state index in [-0.39, 0.29) is 28.8 Å². The van der Waals surface area contributed by atoms with Crippen molar-refractivity contribution in [3.05, 3.63) is 58.6 Å². The first-order chi connectivity index (χ1) is 13.2. The number of benzene rings is 1. The summed E-state index contributed by atoms with van der Waals surface area (Å²) in [6.07, 6.45) is -1.86. The van der Waals surface area contributed by atoms with Gasteiger partial charge in [0.2, 0.25) is 0 Å². The molecule has 1 fully saturated rings. The maximum absolute atomic E-state index is 12.9. The molecule has 1 saturated carbocycles. The number of pyridine rings is 1. The third-order valence-electron chi connectivity index (χ3n) is 4.62. The second-order valence-corrected chi connectivity index (χ2v) is 7.12. The summed E-state index contributed by atoms with van der Waals surface area (Å²) in [5, 5.41) is 5.75. The highest BCUT2D eigenvalue weighted by molar-refractivity contribution is 6.29. The Hall–Kier alpha value is -2.35. The number of hydrogen-bond donors (Lipinski definition) is 2. The van der Waals surface area contributed by atoms with Gasteiger partial charge in [0, 0.05) is 23.3 Å². The van der Waals surface area contributed by atoms with Gasteiger partial charge in [0.1, 0.15) is 16.7 Å². The molecule has 1 amide bonds. The highest BCUT2D eigenvalue weighted by Gasteiger charge is 2.33. The van der Waals surface area contributed by atoms with E-state index < -0.39 is 17.7 Å². The van der Waals surface area contributed by atoms with Gasteiger partial charge >= 0.3 is 6.18 Å². The van der Waals surface area contributed by atoms with Crippen molar-refractivity contribution in [2.75, 3.05) is 5.32 Å². The third kappa shape index (κ3) is 5.34. The first kappa shape index (κ1) is 20.4. The topological polar surface area (TPSA) is 54.0 Å². The van der Waals surface area contributed by atoms with Gasteiger partial charge in [-0.25, -0.2) is 9.37 Å². The molecule has 28 heavy (non-hydrogen) atoms. The molecule has 1 aliphatic rings. The number of anilines is 1. The molecule has 2 N–H and O–H groups in total. The highest BCUT2D eigenvalue weighted by Crippen LogP contribution is 2.32. The normalized spacial score (nSPS) is 19.9. The van der Waals surface area contributed by atoms with Gasteiger partial charge in [-0.2, -0.15) is 13.2 Å². The molecule has 0 saturated heterocycles. The second kappa shape index (κ2) is 8.34. The van der Waals surface area contributed by atoms with Crippen molar-refractivity contribution in [3.8, 4) is 0 Å². The molecular weight excluding hydrogens is 398 g/mol. The van der Waals surface area contributed by atoms with Gasteiger partial charge in [-0.1, -0.05) is 11.6 Å². The molecule has 1 aliphatic carbocycles. The lowest BCUT2D eigenvalue weighted by Gasteiger charge is -2.30. The molecule has 0 atom stereocenters. The summed E-state index contributed by atoms with van der Waals surface area (Å²) in [7, 11) is 0. The summed E-state index contributed by atoms with van der Waals surface area (Å²) in [6, 6.07) is 7.52. The van der Waals surface area contributed by atoms with E-state index in [2.05, 4.69) is 15.6 Å². The molecular formula is C19H18ClF4N3O. The summed E-state index contributed by atoms with van der Waals surface area (Å²) >= 11 is 5.70. The number of nitrogens with zero attached hydrogens (tertiary/aromatic N) is 1. The highest BCUT2D eigenvalue weighted by atomic mass is 35.5. The summed E-state index contributed by atoms with van der Waals surface area (Å²) < 4.78 is 51.5. The Morgan fingerprint density at radius 1 is 1.04 bits per heavy atom. The van der Waals surface area contributed by atoms with Crippen molar-refractivity contribution >= 4 is 23.2 Å². The SMILES string of the molecule is O=C(N[C@H]1CC[C@@H](Nc2cc(Cl)nc(C(F)(F)F)c2)CC1)c1ccc(F)cc1. The fourth-order valence-electron chi connectivity index (χ4n) is 3.21. The van der Waals surface area contributed by atoms with Crippen LogP contribution in [-0.4, -0.2) is 23.0 Å². The van der Waals surface area contributed by atoms with Gasteiger partial charge in [0.05, 0.1) is 0 Å². The van der Waals surface area contributed by atoms with Crippen LogP contribution in [0.5, 0.6) is 0 Å². The minimum Gasteiger partial charge on any atom is -0.382 e. The average molecular weight is 416 g/mol. The Kier molecular flexibility index (Phi) is 6.07. The van der Waals surface area contributed by atoms with Crippen LogP contribution in [0.25, 0.3) is 0 Å². The van der Waals surface area contributed by atoms with Crippen LogP contribution < -0.4 is 10.6 Å². The van der Waals surface area contributed by atoms with Crippen molar-refractivity contribution in [2.24, 2.45) is 0 Å².